The van der Waals surface area contributed by atoms with Crippen molar-refractivity contribution in [1.29, 1.82) is 0 Å². The van der Waals surface area contributed by atoms with Gasteiger partial charge in [-0.05, 0) is 43.4 Å². The van der Waals surface area contributed by atoms with E-state index in [1.807, 2.05) is 18.4 Å². The maximum absolute atomic E-state index is 3.29. The SMILES string of the molecule is CNCC1CCc2sc(C(C)C)cc21. The fraction of sp³-hybridized carbons (Fsp3) is 0.667. The molecular formula is C12H19NS. The summed E-state index contributed by atoms with van der Waals surface area (Å²) in [6.45, 7) is 5.71. The van der Waals surface area contributed by atoms with Crippen LogP contribution in [0.3, 0.4) is 0 Å². The Balaban J connectivity index is 2.21. The lowest BCUT2D eigenvalue weighted by atomic mass is 10.0. The molecule has 1 aliphatic carbocycles. The van der Waals surface area contributed by atoms with Crippen molar-refractivity contribution in [2.75, 3.05) is 13.6 Å². The summed E-state index contributed by atoms with van der Waals surface area (Å²) in [5, 5.41) is 3.29. The lowest BCUT2D eigenvalue weighted by Gasteiger charge is -2.08. The van der Waals surface area contributed by atoms with Crippen LogP contribution in [-0.4, -0.2) is 13.6 Å². The molecule has 2 rings (SSSR count). The fourth-order valence-electron chi connectivity index (χ4n) is 2.21. The van der Waals surface area contributed by atoms with Gasteiger partial charge in [0.25, 0.3) is 0 Å². The smallest absolute Gasteiger partial charge is 0.00838 e. The van der Waals surface area contributed by atoms with Gasteiger partial charge in [0.05, 0.1) is 0 Å². The van der Waals surface area contributed by atoms with Gasteiger partial charge in [-0.15, -0.1) is 11.3 Å². The van der Waals surface area contributed by atoms with E-state index in [1.54, 1.807) is 15.3 Å². The molecule has 0 radical (unpaired) electrons. The van der Waals surface area contributed by atoms with Crippen molar-refractivity contribution in [2.24, 2.45) is 0 Å². The Hall–Kier alpha value is -0.340. The van der Waals surface area contributed by atoms with Crippen molar-refractivity contribution in [3.8, 4) is 0 Å². The van der Waals surface area contributed by atoms with Crippen LogP contribution in [0, 0.1) is 0 Å². The lowest BCUT2D eigenvalue weighted by Crippen LogP contribution is -2.14. The molecule has 1 heterocycles. The van der Waals surface area contributed by atoms with Gasteiger partial charge in [-0.3, -0.25) is 0 Å². The molecule has 0 saturated carbocycles. The summed E-state index contributed by atoms with van der Waals surface area (Å²) in [4.78, 5) is 3.21. The van der Waals surface area contributed by atoms with Gasteiger partial charge in [-0.1, -0.05) is 13.8 Å². The summed E-state index contributed by atoms with van der Waals surface area (Å²) < 4.78 is 0. The van der Waals surface area contributed by atoms with Crippen LogP contribution in [0.15, 0.2) is 6.07 Å². The number of fused-ring (bicyclic) bond motifs is 1. The predicted octanol–water partition coefficient (Wildman–Crippen LogP) is 3.12. The minimum absolute atomic E-state index is 0.695. The summed E-state index contributed by atoms with van der Waals surface area (Å²) in [5.41, 5.74) is 1.63. The first-order chi connectivity index (χ1) is 6.72. The molecule has 1 aromatic rings. The molecule has 0 spiro atoms. The van der Waals surface area contributed by atoms with Crippen molar-refractivity contribution in [3.05, 3.63) is 21.4 Å². The molecule has 1 nitrogen and oxygen atoms in total. The van der Waals surface area contributed by atoms with Crippen LogP contribution in [0.4, 0.5) is 0 Å². The molecule has 2 heteroatoms. The van der Waals surface area contributed by atoms with E-state index in [-0.39, 0.29) is 0 Å². The van der Waals surface area contributed by atoms with Gasteiger partial charge in [0, 0.05) is 16.3 Å². The highest BCUT2D eigenvalue weighted by atomic mass is 32.1. The number of thiophene rings is 1. The third kappa shape index (κ3) is 1.73. The lowest BCUT2D eigenvalue weighted by molar-refractivity contribution is 0.623. The third-order valence-corrected chi connectivity index (χ3v) is 4.55. The Bertz CT molecular complexity index is 314. The first kappa shape index (κ1) is 10.2. The van der Waals surface area contributed by atoms with Crippen LogP contribution >= 0.6 is 11.3 Å². The van der Waals surface area contributed by atoms with Crippen molar-refractivity contribution in [2.45, 2.75) is 38.5 Å². The largest absolute Gasteiger partial charge is 0.319 e. The zero-order chi connectivity index (χ0) is 10.1. The van der Waals surface area contributed by atoms with Crippen LogP contribution in [0.25, 0.3) is 0 Å². The second kappa shape index (κ2) is 4.03. The molecule has 1 aliphatic rings. The highest BCUT2D eigenvalue weighted by molar-refractivity contribution is 7.12. The van der Waals surface area contributed by atoms with Crippen molar-refractivity contribution in [1.82, 2.24) is 5.32 Å². The maximum atomic E-state index is 3.29. The zero-order valence-electron chi connectivity index (χ0n) is 9.26. The average Bonchev–Trinajstić information content (AvgIpc) is 2.67. The fourth-order valence-corrected chi connectivity index (χ4v) is 3.48. The molecule has 0 bridgehead atoms. The van der Waals surface area contributed by atoms with E-state index in [9.17, 15) is 0 Å². The van der Waals surface area contributed by atoms with E-state index >= 15 is 0 Å². The van der Waals surface area contributed by atoms with E-state index in [2.05, 4.69) is 25.2 Å². The molecule has 14 heavy (non-hydrogen) atoms. The summed E-state index contributed by atoms with van der Waals surface area (Å²) in [6.07, 6.45) is 2.65. The van der Waals surface area contributed by atoms with E-state index in [0.29, 0.717) is 5.92 Å². The average molecular weight is 209 g/mol. The molecule has 0 aromatic carbocycles. The summed E-state index contributed by atoms with van der Waals surface area (Å²) in [7, 11) is 2.05. The van der Waals surface area contributed by atoms with Crippen molar-refractivity contribution >= 4 is 11.3 Å². The topological polar surface area (TPSA) is 12.0 Å². The Morgan fingerprint density at radius 2 is 2.36 bits per heavy atom. The molecule has 0 amide bonds. The summed E-state index contributed by atoms with van der Waals surface area (Å²) in [6, 6.07) is 2.44. The Labute approximate surface area is 90.5 Å². The first-order valence-corrected chi connectivity index (χ1v) is 6.31. The minimum Gasteiger partial charge on any atom is -0.319 e. The van der Waals surface area contributed by atoms with E-state index in [0.717, 1.165) is 12.5 Å². The van der Waals surface area contributed by atoms with Gasteiger partial charge < -0.3 is 5.32 Å². The highest BCUT2D eigenvalue weighted by Gasteiger charge is 2.24. The number of likely N-dealkylation sites (N-methyl/N-ethyl adjacent to an activating group) is 1. The molecule has 1 atom stereocenters. The van der Waals surface area contributed by atoms with E-state index in [1.165, 1.54) is 12.8 Å². The molecule has 1 unspecified atom stereocenters. The monoisotopic (exact) mass is 209 g/mol. The predicted molar refractivity (Wildman–Crippen MR) is 63.4 cm³/mol. The molecular weight excluding hydrogens is 190 g/mol. The molecule has 1 N–H and O–H groups in total. The van der Waals surface area contributed by atoms with Crippen LogP contribution < -0.4 is 5.32 Å². The molecule has 78 valence electrons. The Morgan fingerprint density at radius 3 is 3.00 bits per heavy atom. The van der Waals surface area contributed by atoms with E-state index in [4.69, 9.17) is 0 Å². The number of nitrogens with one attached hydrogen (secondary N) is 1. The van der Waals surface area contributed by atoms with Crippen LogP contribution in [0.2, 0.25) is 0 Å². The van der Waals surface area contributed by atoms with E-state index < -0.39 is 0 Å². The third-order valence-electron chi connectivity index (χ3n) is 3.04. The number of rotatable bonds is 3. The van der Waals surface area contributed by atoms with Crippen LogP contribution in [0.1, 0.15) is 47.4 Å². The minimum atomic E-state index is 0.695. The Morgan fingerprint density at radius 1 is 1.57 bits per heavy atom. The molecule has 0 saturated heterocycles. The van der Waals surface area contributed by atoms with Gasteiger partial charge in [-0.2, -0.15) is 0 Å². The summed E-state index contributed by atoms with van der Waals surface area (Å²) >= 11 is 2.03. The first-order valence-electron chi connectivity index (χ1n) is 5.49. The quantitative estimate of drug-likeness (QED) is 0.806. The highest BCUT2D eigenvalue weighted by Crippen LogP contribution is 2.40. The van der Waals surface area contributed by atoms with Crippen molar-refractivity contribution in [3.63, 3.8) is 0 Å². The number of hydrogen-bond donors (Lipinski definition) is 1. The zero-order valence-corrected chi connectivity index (χ0v) is 10.1. The van der Waals surface area contributed by atoms with Gasteiger partial charge in [0.2, 0.25) is 0 Å². The normalized spacial score (nSPS) is 20.4. The van der Waals surface area contributed by atoms with Crippen LogP contribution in [-0.2, 0) is 6.42 Å². The second-order valence-corrected chi connectivity index (χ2v) is 5.64. The molecule has 1 aromatic heterocycles. The standard InChI is InChI=1S/C12H19NS/c1-8(2)12-6-10-9(7-13-3)4-5-11(10)14-12/h6,8-9,13H,4-5,7H2,1-3H3. The molecule has 0 aliphatic heterocycles. The van der Waals surface area contributed by atoms with Gasteiger partial charge in [0.1, 0.15) is 0 Å². The second-order valence-electron chi connectivity index (χ2n) is 4.48. The van der Waals surface area contributed by atoms with Crippen molar-refractivity contribution < 1.29 is 0 Å². The molecule has 0 fully saturated rings. The number of hydrogen-bond acceptors (Lipinski definition) is 2. The van der Waals surface area contributed by atoms with Gasteiger partial charge >= 0.3 is 0 Å². The Kier molecular flexibility index (Phi) is 2.93. The van der Waals surface area contributed by atoms with Gasteiger partial charge in [0.15, 0.2) is 0 Å². The summed E-state index contributed by atoms with van der Waals surface area (Å²) in [5.74, 6) is 1.47. The van der Waals surface area contributed by atoms with Gasteiger partial charge in [-0.25, -0.2) is 0 Å². The number of aryl methyl sites for hydroxylation is 1. The van der Waals surface area contributed by atoms with Crippen LogP contribution in [0.5, 0.6) is 0 Å². The maximum Gasteiger partial charge on any atom is 0.00838 e.